The number of hydrogen-bond acceptors (Lipinski definition) is 6. The lowest BCUT2D eigenvalue weighted by Crippen LogP contribution is -2.43. The number of methoxy groups -OCH3 is 1. The average Bonchev–Trinajstić information content (AvgIpc) is 3.03. The Bertz CT molecular complexity index is 730. The maximum atomic E-state index is 12.1. The molecule has 1 aromatic heterocycles. The molecule has 8 heteroatoms. The molecule has 0 spiro atoms. The molecule has 0 saturated carbocycles. The van der Waals surface area contributed by atoms with E-state index in [0.29, 0.717) is 10.1 Å². The van der Waals surface area contributed by atoms with E-state index >= 15 is 0 Å². The monoisotopic (exact) mass is 348 g/mol. The predicted octanol–water partition coefficient (Wildman–Crippen LogP) is 2.31. The summed E-state index contributed by atoms with van der Waals surface area (Å²) in [6.45, 7) is 5.16. The third-order valence-electron chi connectivity index (χ3n) is 3.25. The normalized spacial score (nSPS) is 11.9. The number of nitrogens with zero attached hydrogens (tertiary/aromatic N) is 2. The van der Waals surface area contributed by atoms with Gasteiger partial charge in [0.15, 0.2) is 0 Å². The Morgan fingerprint density at radius 2 is 1.92 bits per heavy atom. The standard InChI is InChI=1S/C16H20N4O3S/c1-9(2)13(21)17-10(3)14(22)18-16-20-19-15(24-16)11-6-5-7-12(8-11)23-4/h5-10H,1-4H3,(H,17,21)(H,18,20,22)/t10-/m0/s1. The second kappa shape index (κ2) is 7.87. The highest BCUT2D eigenvalue weighted by Gasteiger charge is 2.19. The van der Waals surface area contributed by atoms with Crippen molar-refractivity contribution in [1.29, 1.82) is 0 Å². The minimum absolute atomic E-state index is 0.174. The number of hydrogen-bond donors (Lipinski definition) is 2. The van der Waals surface area contributed by atoms with Crippen LogP contribution in [-0.4, -0.2) is 35.2 Å². The second-order valence-corrected chi connectivity index (χ2v) is 6.50. The maximum absolute atomic E-state index is 12.1. The number of carbonyl (C=O) groups excluding carboxylic acids is 2. The molecule has 2 rings (SSSR count). The molecular weight excluding hydrogens is 328 g/mol. The zero-order valence-corrected chi connectivity index (χ0v) is 14.8. The summed E-state index contributed by atoms with van der Waals surface area (Å²) < 4.78 is 5.18. The maximum Gasteiger partial charge on any atom is 0.248 e. The van der Waals surface area contributed by atoms with E-state index in [1.54, 1.807) is 27.9 Å². The van der Waals surface area contributed by atoms with Gasteiger partial charge < -0.3 is 10.1 Å². The van der Waals surface area contributed by atoms with Crippen molar-refractivity contribution < 1.29 is 14.3 Å². The number of nitrogens with one attached hydrogen (secondary N) is 2. The number of anilines is 1. The topological polar surface area (TPSA) is 93.2 Å². The lowest BCUT2D eigenvalue weighted by Gasteiger charge is -2.14. The summed E-state index contributed by atoms with van der Waals surface area (Å²) in [7, 11) is 1.59. The fraction of sp³-hybridized carbons (Fsp3) is 0.375. The third-order valence-corrected chi connectivity index (χ3v) is 4.14. The van der Waals surface area contributed by atoms with Gasteiger partial charge in [-0.05, 0) is 19.1 Å². The van der Waals surface area contributed by atoms with Gasteiger partial charge in [0.1, 0.15) is 16.8 Å². The first-order chi connectivity index (χ1) is 11.4. The molecule has 24 heavy (non-hydrogen) atoms. The Hall–Kier alpha value is -2.48. The van der Waals surface area contributed by atoms with Gasteiger partial charge in [0.05, 0.1) is 7.11 Å². The number of carbonyl (C=O) groups is 2. The fourth-order valence-corrected chi connectivity index (χ4v) is 2.55. The summed E-state index contributed by atoms with van der Waals surface area (Å²) in [5.41, 5.74) is 0.855. The van der Waals surface area contributed by atoms with Crippen molar-refractivity contribution in [2.45, 2.75) is 26.8 Å². The van der Waals surface area contributed by atoms with Gasteiger partial charge in [0, 0.05) is 11.5 Å². The highest BCUT2D eigenvalue weighted by atomic mass is 32.1. The Morgan fingerprint density at radius 3 is 2.58 bits per heavy atom. The minimum atomic E-state index is -0.649. The third kappa shape index (κ3) is 4.51. The van der Waals surface area contributed by atoms with E-state index in [-0.39, 0.29) is 17.7 Å². The van der Waals surface area contributed by atoms with Gasteiger partial charge in [-0.3, -0.25) is 14.9 Å². The van der Waals surface area contributed by atoms with Crippen LogP contribution in [-0.2, 0) is 9.59 Å². The first-order valence-corrected chi connectivity index (χ1v) is 8.31. The molecule has 2 aromatic rings. The van der Waals surface area contributed by atoms with E-state index in [1.807, 2.05) is 24.3 Å². The van der Waals surface area contributed by atoms with Crippen molar-refractivity contribution in [3.63, 3.8) is 0 Å². The van der Waals surface area contributed by atoms with Crippen LogP contribution < -0.4 is 15.4 Å². The number of benzene rings is 1. The zero-order chi connectivity index (χ0) is 17.7. The molecule has 0 bridgehead atoms. The van der Waals surface area contributed by atoms with Crippen molar-refractivity contribution in [3.05, 3.63) is 24.3 Å². The van der Waals surface area contributed by atoms with E-state index in [0.717, 1.165) is 11.3 Å². The molecule has 1 atom stereocenters. The molecular formula is C16H20N4O3S. The van der Waals surface area contributed by atoms with Gasteiger partial charge in [-0.2, -0.15) is 0 Å². The first-order valence-electron chi connectivity index (χ1n) is 7.50. The van der Waals surface area contributed by atoms with Crippen molar-refractivity contribution in [2.75, 3.05) is 12.4 Å². The van der Waals surface area contributed by atoms with Crippen LogP contribution in [0.5, 0.6) is 5.75 Å². The van der Waals surface area contributed by atoms with Gasteiger partial charge in [-0.15, -0.1) is 10.2 Å². The van der Waals surface area contributed by atoms with Crippen LogP contribution in [0.15, 0.2) is 24.3 Å². The Kier molecular flexibility index (Phi) is 5.86. The molecule has 2 amide bonds. The molecule has 128 valence electrons. The average molecular weight is 348 g/mol. The molecule has 0 aliphatic rings. The molecule has 0 fully saturated rings. The Balaban J connectivity index is 2.02. The summed E-state index contributed by atoms with van der Waals surface area (Å²) in [6, 6.07) is 6.78. The lowest BCUT2D eigenvalue weighted by molar-refractivity contribution is -0.128. The van der Waals surface area contributed by atoms with E-state index in [4.69, 9.17) is 4.74 Å². The smallest absolute Gasteiger partial charge is 0.248 e. The van der Waals surface area contributed by atoms with E-state index in [1.165, 1.54) is 11.3 Å². The number of aromatic nitrogens is 2. The quantitative estimate of drug-likeness (QED) is 0.835. The van der Waals surface area contributed by atoms with Crippen molar-refractivity contribution >= 4 is 28.3 Å². The predicted molar refractivity (Wildman–Crippen MR) is 93.0 cm³/mol. The summed E-state index contributed by atoms with van der Waals surface area (Å²) >= 11 is 1.25. The van der Waals surface area contributed by atoms with Gasteiger partial charge in [0.25, 0.3) is 0 Å². The highest BCUT2D eigenvalue weighted by Crippen LogP contribution is 2.28. The molecule has 0 unspecified atom stereocenters. The number of amides is 2. The summed E-state index contributed by atoms with van der Waals surface area (Å²) in [6.07, 6.45) is 0. The SMILES string of the molecule is COc1cccc(-c2nnc(NC(=O)[C@H](C)NC(=O)C(C)C)s2)c1. The van der Waals surface area contributed by atoms with E-state index in [9.17, 15) is 9.59 Å². The van der Waals surface area contributed by atoms with E-state index < -0.39 is 6.04 Å². The molecule has 1 heterocycles. The Morgan fingerprint density at radius 1 is 1.17 bits per heavy atom. The zero-order valence-electron chi connectivity index (χ0n) is 14.0. The van der Waals surface area contributed by atoms with Gasteiger partial charge in [-0.1, -0.05) is 37.3 Å². The molecule has 7 nitrogen and oxygen atoms in total. The second-order valence-electron chi connectivity index (χ2n) is 5.52. The molecule has 2 N–H and O–H groups in total. The van der Waals surface area contributed by atoms with Crippen molar-refractivity contribution in [1.82, 2.24) is 15.5 Å². The van der Waals surface area contributed by atoms with Gasteiger partial charge in [0.2, 0.25) is 16.9 Å². The van der Waals surface area contributed by atoms with Gasteiger partial charge >= 0.3 is 0 Å². The largest absolute Gasteiger partial charge is 0.497 e. The van der Waals surface area contributed by atoms with Crippen LogP contribution in [0, 0.1) is 5.92 Å². The summed E-state index contributed by atoms with van der Waals surface area (Å²) in [4.78, 5) is 23.7. The van der Waals surface area contributed by atoms with Crippen molar-refractivity contribution in [3.8, 4) is 16.3 Å². The molecule has 0 saturated heterocycles. The molecule has 1 aromatic carbocycles. The first kappa shape index (κ1) is 17.9. The number of rotatable bonds is 6. The van der Waals surface area contributed by atoms with Crippen LogP contribution >= 0.6 is 11.3 Å². The molecule has 0 aliphatic carbocycles. The summed E-state index contributed by atoms with van der Waals surface area (Å²) in [5.74, 6) is 0.0316. The molecule has 0 aliphatic heterocycles. The highest BCUT2D eigenvalue weighted by molar-refractivity contribution is 7.18. The van der Waals surface area contributed by atoms with Crippen LogP contribution in [0.1, 0.15) is 20.8 Å². The Labute approximate surface area is 144 Å². The van der Waals surface area contributed by atoms with Crippen LogP contribution in [0.2, 0.25) is 0 Å². The number of ether oxygens (including phenoxy) is 1. The molecule has 0 radical (unpaired) electrons. The van der Waals surface area contributed by atoms with Crippen LogP contribution in [0.4, 0.5) is 5.13 Å². The summed E-state index contributed by atoms with van der Waals surface area (Å²) in [5, 5.41) is 14.4. The minimum Gasteiger partial charge on any atom is -0.497 e. The van der Waals surface area contributed by atoms with E-state index in [2.05, 4.69) is 20.8 Å². The lowest BCUT2D eigenvalue weighted by atomic mass is 10.2. The van der Waals surface area contributed by atoms with Crippen LogP contribution in [0.3, 0.4) is 0 Å². The van der Waals surface area contributed by atoms with Crippen molar-refractivity contribution in [2.24, 2.45) is 5.92 Å². The van der Waals surface area contributed by atoms with Crippen LogP contribution in [0.25, 0.3) is 10.6 Å². The fourth-order valence-electron chi connectivity index (χ4n) is 1.81. The van der Waals surface area contributed by atoms with Gasteiger partial charge in [-0.25, -0.2) is 0 Å².